The number of hydrogen-bond donors (Lipinski definition) is 1. The summed E-state index contributed by atoms with van der Waals surface area (Å²) in [4.78, 5) is 2.46. The van der Waals surface area contributed by atoms with Crippen LogP contribution in [0.4, 0.5) is 0 Å². The summed E-state index contributed by atoms with van der Waals surface area (Å²) in [5, 5.41) is 3.60. The highest BCUT2D eigenvalue weighted by molar-refractivity contribution is 5.00. The summed E-state index contributed by atoms with van der Waals surface area (Å²) >= 11 is 0. The quantitative estimate of drug-likeness (QED) is 0.710. The maximum absolute atomic E-state index is 5.57. The van der Waals surface area contributed by atoms with E-state index in [1.54, 1.807) is 0 Å². The molecule has 15 heavy (non-hydrogen) atoms. The third-order valence-corrected chi connectivity index (χ3v) is 3.28. The van der Waals surface area contributed by atoms with E-state index >= 15 is 0 Å². The van der Waals surface area contributed by atoms with Gasteiger partial charge in [-0.1, -0.05) is 26.7 Å². The predicted octanol–water partition coefficient (Wildman–Crippen LogP) is 1.72. The van der Waals surface area contributed by atoms with Gasteiger partial charge in [-0.15, -0.1) is 6.42 Å². The molecule has 0 saturated carbocycles. The molecule has 1 fully saturated rings. The van der Waals surface area contributed by atoms with Gasteiger partial charge in [-0.3, -0.25) is 4.90 Å². The lowest BCUT2D eigenvalue weighted by atomic mass is 10.0. The van der Waals surface area contributed by atoms with Gasteiger partial charge in [-0.2, -0.15) is 0 Å². The lowest BCUT2D eigenvalue weighted by Crippen LogP contribution is -2.44. The van der Waals surface area contributed by atoms with Crippen LogP contribution in [0.3, 0.4) is 0 Å². The smallest absolute Gasteiger partial charge is 0.0709 e. The Labute approximate surface area is 94.4 Å². The Morgan fingerprint density at radius 3 is 2.80 bits per heavy atom. The van der Waals surface area contributed by atoms with Crippen molar-refractivity contribution in [1.82, 2.24) is 10.2 Å². The fraction of sp³-hybridized carbons (Fsp3) is 0.846. The Morgan fingerprint density at radius 2 is 2.27 bits per heavy atom. The van der Waals surface area contributed by atoms with E-state index in [2.05, 4.69) is 36.9 Å². The van der Waals surface area contributed by atoms with E-state index in [0.29, 0.717) is 18.0 Å². The summed E-state index contributed by atoms with van der Waals surface area (Å²) in [6.07, 6.45) is 7.84. The van der Waals surface area contributed by atoms with Crippen molar-refractivity contribution in [2.24, 2.45) is 5.92 Å². The number of nitrogens with zero attached hydrogens (tertiary/aromatic N) is 1. The summed E-state index contributed by atoms with van der Waals surface area (Å²) in [5.74, 6) is 3.59. The molecule has 1 saturated heterocycles. The first-order valence-corrected chi connectivity index (χ1v) is 6.12. The largest absolute Gasteiger partial charge is 0.312 e. The maximum atomic E-state index is 5.57. The fourth-order valence-electron chi connectivity index (χ4n) is 2.19. The molecular formula is C13H24N2. The molecular weight excluding hydrogens is 184 g/mol. The highest BCUT2D eigenvalue weighted by atomic mass is 15.2. The minimum Gasteiger partial charge on any atom is -0.312 e. The number of terminal acetylenes is 1. The second-order valence-electron chi connectivity index (χ2n) is 4.74. The molecule has 0 amide bonds. The number of hydrogen-bond acceptors (Lipinski definition) is 2. The van der Waals surface area contributed by atoms with Crippen molar-refractivity contribution >= 4 is 0 Å². The first-order chi connectivity index (χ1) is 7.19. The maximum Gasteiger partial charge on any atom is 0.0709 e. The zero-order valence-electron chi connectivity index (χ0n) is 10.3. The molecule has 0 spiro atoms. The van der Waals surface area contributed by atoms with Crippen LogP contribution in [0.5, 0.6) is 0 Å². The lowest BCUT2D eigenvalue weighted by molar-refractivity contribution is 0.210. The summed E-state index contributed by atoms with van der Waals surface area (Å²) in [6, 6.07) is 0.918. The Bertz CT molecular complexity index is 217. The standard InChI is InChI=1S/C13H24N2/c1-5-12(6-2)15-9-7-8-14-13(10-15)11(3)4/h1,11-14H,6-10H2,2-4H3. The van der Waals surface area contributed by atoms with Gasteiger partial charge >= 0.3 is 0 Å². The highest BCUT2D eigenvalue weighted by Crippen LogP contribution is 2.12. The van der Waals surface area contributed by atoms with E-state index in [-0.39, 0.29) is 0 Å². The Morgan fingerprint density at radius 1 is 1.53 bits per heavy atom. The zero-order valence-corrected chi connectivity index (χ0v) is 10.3. The number of rotatable bonds is 3. The van der Waals surface area contributed by atoms with Gasteiger partial charge in [-0.05, 0) is 25.3 Å². The van der Waals surface area contributed by atoms with Gasteiger partial charge in [0.1, 0.15) is 0 Å². The molecule has 2 heteroatoms. The molecule has 0 aliphatic carbocycles. The topological polar surface area (TPSA) is 15.3 Å². The summed E-state index contributed by atoms with van der Waals surface area (Å²) in [7, 11) is 0. The monoisotopic (exact) mass is 208 g/mol. The van der Waals surface area contributed by atoms with Crippen molar-refractivity contribution in [3.05, 3.63) is 0 Å². The second kappa shape index (κ2) is 6.15. The predicted molar refractivity (Wildman–Crippen MR) is 65.7 cm³/mol. The summed E-state index contributed by atoms with van der Waals surface area (Å²) in [5.41, 5.74) is 0. The van der Waals surface area contributed by atoms with E-state index in [1.807, 2.05) is 0 Å². The van der Waals surface area contributed by atoms with Gasteiger partial charge in [0.25, 0.3) is 0 Å². The first kappa shape index (κ1) is 12.5. The molecule has 1 aliphatic heterocycles. The third kappa shape index (κ3) is 3.52. The van der Waals surface area contributed by atoms with Crippen LogP contribution in [0, 0.1) is 18.3 Å². The normalized spacial score (nSPS) is 25.9. The third-order valence-electron chi connectivity index (χ3n) is 3.28. The van der Waals surface area contributed by atoms with Crippen LogP contribution in [0.15, 0.2) is 0 Å². The average Bonchev–Trinajstić information content (AvgIpc) is 2.45. The van der Waals surface area contributed by atoms with E-state index in [4.69, 9.17) is 6.42 Å². The van der Waals surface area contributed by atoms with Gasteiger partial charge in [0.15, 0.2) is 0 Å². The fourth-order valence-corrected chi connectivity index (χ4v) is 2.19. The van der Waals surface area contributed by atoms with Crippen LogP contribution < -0.4 is 5.32 Å². The van der Waals surface area contributed by atoms with Crippen LogP contribution in [0.2, 0.25) is 0 Å². The Balaban J connectivity index is 2.60. The minimum absolute atomic E-state index is 0.325. The zero-order chi connectivity index (χ0) is 11.3. The molecule has 2 atom stereocenters. The van der Waals surface area contributed by atoms with Gasteiger partial charge in [0, 0.05) is 19.1 Å². The minimum atomic E-state index is 0.325. The Kier molecular flexibility index (Phi) is 5.14. The van der Waals surface area contributed by atoms with Crippen molar-refractivity contribution in [3.8, 4) is 12.3 Å². The van der Waals surface area contributed by atoms with E-state index < -0.39 is 0 Å². The molecule has 0 aromatic heterocycles. The Hall–Kier alpha value is -0.520. The molecule has 2 nitrogen and oxygen atoms in total. The van der Waals surface area contributed by atoms with Gasteiger partial charge in [0.2, 0.25) is 0 Å². The lowest BCUT2D eigenvalue weighted by Gasteiger charge is -2.30. The molecule has 1 N–H and O–H groups in total. The summed E-state index contributed by atoms with van der Waals surface area (Å²) in [6.45, 7) is 10.1. The van der Waals surface area contributed by atoms with Crippen LogP contribution in [-0.4, -0.2) is 36.6 Å². The molecule has 1 rings (SSSR count). The molecule has 0 bridgehead atoms. The van der Waals surface area contributed by atoms with Crippen molar-refractivity contribution in [2.45, 2.75) is 45.7 Å². The van der Waals surface area contributed by atoms with E-state index in [1.165, 1.54) is 6.42 Å². The van der Waals surface area contributed by atoms with Crippen LogP contribution >= 0.6 is 0 Å². The van der Waals surface area contributed by atoms with E-state index in [9.17, 15) is 0 Å². The molecule has 1 heterocycles. The molecule has 0 aromatic rings. The molecule has 1 aliphatic rings. The van der Waals surface area contributed by atoms with Crippen LogP contribution in [-0.2, 0) is 0 Å². The highest BCUT2D eigenvalue weighted by Gasteiger charge is 2.23. The van der Waals surface area contributed by atoms with Gasteiger partial charge in [-0.25, -0.2) is 0 Å². The van der Waals surface area contributed by atoms with Crippen molar-refractivity contribution < 1.29 is 0 Å². The van der Waals surface area contributed by atoms with Crippen LogP contribution in [0.1, 0.15) is 33.6 Å². The molecule has 2 unspecified atom stereocenters. The van der Waals surface area contributed by atoms with E-state index in [0.717, 1.165) is 26.1 Å². The van der Waals surface area contributed by atoms with Crippen molar-refractivity contribution in [3.63, 3.8) is 0 Å². The number of nitrogens with one attached hydrogen (secondary N) is 1. The van der Waals surface area contributed by atoms with Gasteiger partial charge < -0.3 is 5.32 Å². The van der Waals surface area contributed by atoms with Gasteiger partial charge in [0.05, 0.1) is 6.04 Å². The molecule has 0 radical (unpaired) electrons. The van der Waals surface area contributed by atoms with Crippen LogP contribution in [0.25, 0.3) is 0 Å². The average molecular weight is 208 g/mol. The van der Waals surface area contributed by atoms with Crippen molar-refractivity contribution in [1.29, 1.82) is 0 Å². The second-order valence-corrected chi connectivity index (χ2v) is 4.74. The summed E-state index contributed by atoms with van der Waals surface area (Å²) < 4.78 is 0. The first-order valence-electron chi connectivity index (χ1n) is 6.12. The van der Waals surface area contributed by atoms with Crippen molar-refractivity contribution in [2.75, 3.05) is 19.6 Å². The molecule has 86 valence electrons. The molecule has 0 aromatic carbocycles. The SMILES string of the molecule is C#CC(CC)N1CCCNC(C(C)C)C1.